The predicted octanol–water partition coefficient (Wildman–Crippen LogP) is 0.164. The topological polar surface area (TPSA) is 49.4 Å². The molecule has 0 aliphatic carbocycles. The lowest BCUT2D eigenvalue weighted by atomic mass is 9.90. The van der Waals surface area contributed by atoms with Crippen LogP contribution in [0.5, 0.6) is 0 Å². The molecule has 0 amide bonds. The van der Waals surface area contributed by atoms with E-state index in [1.54, 1.807) is 4.31 Å². The quantitative estimate of drug-likeness (QED) is 0.682. The molecule has 82 valence electrons. The number of nitrogens with one attached hydrogen (secondary N) is 1. The molecule has 14 heavy (non-hydrogen) atoms. The lowest BCUT2D eigenvalue weighted by molar-refractivity contribution is 0.166. The summed E-state index contributed by atoms with van der Waals surface area (Å²) in [4.78, 5) is 0. The zero-order chi connectivity index (χ0) is 10.2. The molecule has 0 aromatic carbocycles. The number of nitrogens with zero attached hydrogens (tertiary/aromatic N) is 1. The highest BCUT2D eigenvalue weighted by molar-refractivity contribution is 7.89. The summed E-state index contributed by atoms with van der Waals surface area (Å²) >= 11 is 0. The summed E-state index contributed by atoms with van der Waals surface area (Å²) in [5.41, 5.74) is -0.124. The van der Waals surface area contributed by atoms with Crippen molar-refractivity contribution in [1.82, 2.24) is 9.62 Å². The molecule has 2 saturated heterocycles. The molecule has 0 aromatic rings. The molecule has 2 aliphatic heterocycles. The Morgan fingerprint density at radius 3 is 2.43 bits per heavy atom. The Balaban J connectivity index is 2.20. The van der Waals surface area contributed by atoms with Crippen LogP contribution in [0.4, 0.5) is 0 Å². The van der Waals surface area contributed by atoms with Crippen LogP contribution >= 0.6 is 0 Å². The Morgan fingerprint density at radius 2 is 1.93 bits per heavy atom. The maximum Gasteiger partial charge on any atom is 0.214 e. The molecule has 2 rings (SSSR count). The van der Waals surface area contributed by atoms with E-state index in [1.165, 1.54) is 0 Å². The standard InChI is InChI=1S/C9H18N2O2S/c1-9(3-5-10-6-4-9)11-7-2-8-14(11,12)13/h10H,2-8H2,1H3. The van der Waals surface area contributed by atoms with Crippen molar-refractivity contribution in [2.24, 2.45) is 0 Å². The third kappa shape index (κ3) is 1.68. The highest BCUT2D eigenvalue weighted by Crippen LogP contribution is 2.31. The second-order valence-corrected chi connectivity index (χ2v) is 6.50. The normalized spacial score (nSPS) is 31.8. The fourth-order valence-electron chi connectivity index (χ4n) is 2.46. The van der Waals surface area contributed by atoms with Gasteiger partial charge < -0.3 is 5.32 Å². The zero-order valence-corrected chi connectivity index (χ0v) is 9.44. The van der Waals surface area contributed by atoms with E-state index < -0.39 is 10.0 Å². The molecule has 1 N–H and O–H groups in total. The van der Waals surface area contributed by atoms with Crippen molar-refractivity contribution >= 4 is 10.0 Å². The summed E-state index contributed by atoms with van der Waals surface area (Å²) in [7, 11) is -2.94. The van der Waals surface area contributed by atoms with Gasteiger partial charge in [0.2, 0.25) is 10.0 Å². The molecule has 0 radical (unpaired) electrons. The van der Waals surface area contributed by atoms with Gasteiger partial charge in [-0.15, -0.1) is 0 Å². The van der Waals surface area contributed by atoms with Crippen molar-refractivity contribution in [2.45, 2.75) is 31.7 Å². The predicted molar refractivity (Wildman–Crippen MR) is 55.6 cm³/mol. The highest BCUT2D eigenvalue weighted by Gasteiger charge is 2.42. The highest BCUT2D eigenvalue weighted by atomic mass is 32.2. The first-order valence-corrected chi connectivity index (χ1v) is 6.87. The van der Waals surface area contributed by atoms with Crippen LogP contribution in [0.25, 0.3) is 0 Å². The maximum absolute atomic E-state index is 11.8. The van der Waals surface area contributed by atoms with E-state index in [2.05, 4.69) is 12.2 Å². The van der Waals surface area contributed by atoms with E-state index in [0.717, 1.165) is 38.9 Å². The third-order valence-electron chi connectivity index (χ3n) is 3.38. The van der Waals surface area contributed by atoms with E-state index in [9.17, 15) is 8.42 Å². The minimum atomic E-state index is -2.94. The van der Waals surface area contributed by atoms with Gasteiger partial charge in [-0.1, -0.05) is 0 Å². The SMILES string of the molecule is CC1(N2CCCS2(=O)=O)CCNCC1. The Bertz CT molecular complexity index is 307. The van der Waals surface area contributed by atoms with Crippen molar-refractivity contribution in [3.05, 3.63) is 0 Å². The summed E-state index contributed by atoms with van der Waals surface area (Å²) < 4.78 is 25.3. The minimum Gasteiger partial charge on any atom is -0.317 e. The smallest absolute Gasteiger partial charge is 0.214 e. The van der Waals surface area contributed by atoms with Crippen molar-refractivity contribution < 1.29 is 8.42 Å². The van der Waals surface area contributed by atoms with Crippen molar-refractivity contribution in [3.63, 3.8) is 0 Å². The molecule has 2 fully saturated rings. The van der Waals surface area contributed by atoms with E-state index in [0.29, 0.717) is 5.75 Å². The van der Waals surface area contributed by atoms with Crippen LogP contribution in [0.15, 0.2) is 0 Å². The monoisotopic (exact) mass is 218 g/mol. The minimum absolute atomic E-state index is 0.124. The first-order valence-electron chi connectivity index (χ1n) is 5.26. The molecule has 0 spiro atoms. The molecule has 0 bridgehead atoms. The average Bonchev–Trinajstić information content (AvgIpc) is 2.47. The van der Waals surface area contributed by atoms with E-state index in [1.807, 2.05) is 0 Å². The van der Waals surface area contributed by atoms with Crippen LogP contribution in [0.1, 0.15) is 26.2 Å². The molecular weight excluding hydrogens is 200 g/mol. The van der Waals surface area contributed by atoms with Gasteiger partial charge in [-0.25, -0.2) is 8.42 Å². The van der Waals surface area contributed by atoms with Gasteiger partial charge in [0.1, 0.15) is 0 Å². The largest absolute Gasteiger partial charge is 0.317 e. The fourth-order valence-corrected chi connectivity index (χ4v) is 4.44. The van der Waals surface area contributed by atoms with Crippen LogP contribution in [0, 0.1) is 0 Å². The Hall–Kier alpha value is -0.130. The zero-order valence-electron chi connectivity index (χ0n) is 8.62. The second-order valence-electron chi connectivity index (χ2n) is 4.49. The first-order chi connectivity index (χ1) is 6.55. The van der Waals surface area contributed by atoms with E-state index in [4.69, 9.17) is 0 Å². The number of sulfonamides is 1. The lowest BCUT2D eigenvalue weighted by Gasteiger charge is -2.40. The van der Waals surface area contributed by atoms with Crippen LogP contribution in [0.3, 0.4) is 0 Å². The lowest BCUT2D eigenvalue weighted by Crippen LogP contribution is -2.53. The van der Waals surface area contributed by atoms with Crippen LogP contribution in [-0.4, -0.2) is 43.6 Å². The third-order valence-corrected chi connectivity index (χ3v) is 5.48. The summed E-state index contributed by atoms with van der Waals surface area (Å²) in [5, 5.41) is 3.27. The van der Waals surface area contributed by atoms with Crippen LogP contribution in [0.2, 0.25) is 0 Å². The van der Waals surface area contributed by atoms with Gasteiger partial charge in [0.25, 0.3) is 0 Å². The fraction of sp³-hybridized carbons (Fsp3) is 1.00. The summed E-state index contributed by atoms with van der Waals surface area (Å²) in [6.45, 7) is 4.67. The van der Waals surface area contributed by atoms with Crippen molar-refractivity contribution in [3.8, 4) is 0 Å². The Kier molecular flexibility index (Phi) is 2.57. The van der Waals surface area contributed by atoms with Gasteiger partial charge in [0, 0.05) is 12.1 Å². The molecule has 4 nitrogen and oxygen atoms in total. The van der Waals surface area contributed by atoms with Crippen molar-refractivity contribution in [2.75, 3.05) is 25.4 Å². The summed E-state index contributed by atoms with van der Waals surface area (Å²) in [6.07, 6.45) is 2.67. The first kappa shape index (κ1) is 10.4. The van der Waals surface area contributed by atoms with Gasteiger partial charge in [-0.2, -0.15) is 4.31 Å². The Morgan fingerprint density at radius 1 is 1.29 bits per heavy atom. The number of hydrogen-bond acceptors (Lipinski definition) is 3. The van der Waals surface area contributed by atoms with Gasteiger partial charge in [0.05, 0.1) is 5.75 Å². The second kappa shape index (κ2) is 3.47. The number of piperidine rings is 1. The van der Waals surface area contributed by atoms with Crippen LogP contribution in [-0.2, 0) is 10.0 Å². The molecule has 0 aromatic heterocycles. The van der Waals surface area contributed by atoms with Gasteiger partial charge >= 0.3 is 0 Å². The number of hydrogen-bond donors (Lipinski definition) is 1. The molecule has 2 aliphatic rings. The van der Waals surface area contributed by atoms with E-state index >= 15 is 0 Å². The van der Waals surface area contributed by atoms with Gasteiger partial charge in [-0.3, -0.25) is 0 Å². The molecule has 0 unspecified atom stereocenters. The molecule has 0 saturated carbocycles. The van der Waals surface area contributed by atoms with Crippen LogP contribution < -0.4 is 5.32 Å². The van der Waals surface area contributed by atoms with Gasteiger partial charge in [-0.05, 0) is 39.3 Å². The van der Waals surface area contributed by atoms with Crippen molar-refractivity contribution in [1.29, 1.82) is 0 Å². The molecule has 2 heterocycles. The molecule has 0 atom stereocenters. The summed E-state index contributed by atoms with van der Waals surface area (Å²) in [6, 6.07) is 0. The Labute approximate surface area is 85.7 Å². The number of rotatable bonds is 1. The average molecular weight is 218 g/mol. The van der Waals surface area contributed by atoms with E-state index in [-0.39, 0.29) is 5.54 Å². The summed E-state index contributed by atoms with van der Waals surface area (Å²) in [5.74, 6) is 0.343. The molecular formula is C9H18N2O2S. The molecule has 5 heteroatoms. The van der Waals surface area contributed by atoms with Gasteiger partial charge in [0.15, 0.2) is 0 Å². The maximum atomic E-state index is 11.8.